The molecule has 0 N–H and O–H groups in total. The van der Waals surface area contributed by atoms with Gasteiger partial charge in [-0.1, -0.05) is 148 Å². The maximum atomic E-state index is 7.05. The van der Waals surface area contributed by atoms with Gasteiger partial charge in [0.05, 0.1) is 0 Å². The molecule has 15 rings (SSSR count). The van der Waals surface area contributed by atoms with E-state index >= 15 is 0 Å². The summed E-state index contributed by atoms with van der Waals surface area (Å²) in [6.07, 6.45) is 8.75. The maximum absolute atomic E-state index is 7.05. The topological polar surface area (TPSA) is 33.5 Å². The fourth-order valence-corrected chi connectivity index (χ4v) is 14.5. The average molecular weight is 1180 g/mol. The summed E-state index contributed by atoms with van der Waals surface area (Å²) >= 11 is 0. The summed E-state index contributed by atoms with van der Waals surface area (Å²) in [5.74, 6) is 5.10. The molecule has 386 valence electrons. The van der Waals surface area contributed by atoms with Gasteiger partial charge in [0.25, 0.3) is 0 Å². The summed E-state index contributed by atoms with van der Waals surface area (Å²) in [7, 11) is 0. The van der Waals surface area contributed by atoms with Gasteiger partial charge < -0.3 is 19.1 Å². The molecule has 3 heterocycles. The quantitative estimate of drug-likeness (QED) is 0.135. The number of para-hydroxylation sites is 4. The Labute approximate surface area is 468 Å². The third-order valence-electron chi connectivity index (χ3n) is 18.1. The van der Waals surface area contributed by atoms with Gasteiger partial charge in [-0.3, -0.25) is 0 Å². The van der Waals surface area contributed by atoms with E-state index in [0.717, 1.165) is 84.6 Å². The maximum Gasteiger partial charge on any atom is 0.135 e. The number of ether oxygens (including phenoxy) is 1. The molecule has 5 nitrogen and oxygen atoms in total. The predicted octanol–water partition coefficient (Wildman–Crippen LogP) is 18.3. The Hall–Kier alpha value is -7.20. The van der Waals surface area contributed by atoms with Crippen molar-refractivity contribution >= 4 is 44.6 Å². The number of hydrogen-bond acceptors (Lipinski definition) is 4. The number of rotatable bonds is 9. The Kier molecular flexibility index (Phi) is 12.2. The second-order valence-corrected chi connectivity index (χ2v) is 23.5. The molecule has 0 atom stereocenters. The van der Waals surface area contributed by atoms with Crippen molar-refractivity contribution in [2.45, 2.75) is 84.5 Å². The van der Waals surface area contributed by atoms with Gasteiger partial charge in [0.15, 0.2) is 0 Å². The number of hydrogen-bond donors (Lipinski definition) is 0. The Morgan fingerprint density at radius 2 is 1.18 bits per heavy atom. The number of aromatic nitrogens is 2. The van der Waals surface area contributed by atoms with Crippen LogP contribution in [-0.4, -0.2) is 9.55 Å². The molecule has 0 radical (unpaired) electrons. The van der Waals surface area contributed by atoms with E-state index in [0.29, 0.717) is 23.3 Å². The van der Waals surface area contributed by atoms with Gasteiger partial charge in [-0.15, -0.1) is 53.6 Å². The van der Waals surface area contributed by atoms with Crippen LogP contribution in [0.2, 0.25) is 0 Å². The molecular formula is C71H63N4OPt-3. The summed E-state index contributed by atoms with van der Waals surface area (Å²) in [6, 6.07) is 71.7. The van der Waals surface area contributed by atoms with E-state index in [2.05, 4.69) is 257 Å². The zero-order valence-corrected chi connectivity index (χ0v) is 47.0. The van der Waals surface area contributed by atoms with Crippen LogP contribution < -0.4 is 14.5 Å². The van der Waals surface area contributed by atoms with E-state index in [4.69, 9.17) is 9.72 Å². The normalized spacial score (nSPS) is 20.4. The van der Waals surface area contributed by atoms with Crippen LogP contribution in [0.4, 0.5) is 22.7 Å². The molecule has 4 bridgehead atoms. The molecule has 0 spiro atoms. The second-order valence-electron chi connectivity index (χ2n) is 23.5. The van der Waals surface area contributed by atoms with Crippen molar-refractivity contribution in [2.24, 2.45) is 23.7 Å². The Bertz CT molecular complexity index is 3780. The van der Waals surface area contributed by atoms with Crippen molar-refractivity contribution in [1.29, 1.82) is 0 Å². The SMILES string of the molecule is Cc1cc(C2(c3ccnc(-n4c5[c-]c(Oc6[c-]c(N7[CH-]N(c8c(-c9ccccc9)cccc8-c8ccccc8)c8ccccc87)cc(C(C)(C)C)c6)ccc5c5ccccc54)c3)C3CC4CC(C3)CC2C4)cc(C)c1C.[Pt]. The summed E-state index contributed by atoms with van der Waals surface area (Å²) in [4.78, 5) is 9.88. The minimum Gasteiger partial charge on any atom is -0.509 e. The standard InChI is InChI=1S/C71H63N4O.Pt/c1-45-32-54(33-46(2)47(45)3)71(55-35-48-34-49(37-55)38-56(71)36-48)52-30-31-72-68(41-52)75-64-25-14-13-22-62(64)63-29-28-58(43-67(63)75)76-59-40-53(70(4,5)6)39-57(42-59)73-44-74(66-27-16-15-26-65(66)73)69-60(50-18-9-7-10-19-50)23-17-24-61(69)51-20-11-8-12-21-51;/h7-33,39-41,44,48-49,55-56H,34-38H2,1-6H3;/q-3;. The van der Waals surface area contributed by atoms with Gasteiger partial charge in [0.1, 0.15) is 5.82 Å². The monoisotopic (exact) mass is 1180 g/mol. The third-order valence-corrected chi connectivity index (χ3v) is 18.1. The molecule has 6 heteroatoms. The van der Waals surface area contributed by atoms with Crippen LogP contribution in [0.1, 0.15) is 86.3 Å². The van der Waals surface area contributed by atoms with Crippen molar-refractivity contribution in [2.75, 3.05) is 9.80 Å². The Balaban J connectivity index is 0.00000566. The predicted molar refractivity (Wildman–Crippen MR) is 312 cm³/mol. The van der Waals surface area contributed by atoms with Crippen LogP contribution in [0.5, 0.6) is 11.5 Å². The van der Waals surface area contributed by atoms with Crippen molar-refractivity contribution in [1.82, 2.24) is 9.55 Å². The third kappa shape index (κ3) is 8.17. The van der Waals surface area contributed by atoms with Gasteiger partial charge in [-0.05, 0) is 157 Å². The molecule has 5 aliphatic rings. The summed E-state index contributed by atoms with van der Waals surface area (Å²) in [5, 5.41) is 2.29. The molecular weight excluding hydrogens is 1120 g/mol. The molecule has 77 heavy (non-hydrogen) atoms. The number of aryl methyl sites for hydroxylation is 2. The van der Waals surface area contributed by atoms with E-state index in [9.17, 15) is 0 Å². The average Bonchev–Trinajstić information content (AvgIpc) is 4.11. The first-order chi connectivity index (χ1) is 37.0. The first-order valence-electron chi connectivity index (χ1n) is 27.5. The van der Waals surface area contributed by atoms with Gasteiger partial charge in [-0.25, -0.2) is 4.98 Å². The van der Waals surface area contributed by atoms with E-state index in [-0.39, 0.29) is 31.9 Å². The Morgan fingerprint density at radius 1 is 0.571 bits per heavy atom. The van der Waals surface area contributed by atoms with Crippen molar-refractivity contribution in [3.05, 3.63) is 234 Å². The van der Waals surface area contributed by atoms with Gasteiger partial charge in [-0.2, -0.15) is 6.07 Å². The molecule has 4 aliphatic carbocycles. The van der Waals surface area contributed by atoms with Gasteiger partial charge in [0.2, 0.25) is 0 Å². The van der Waals surface area contributed by atoms with Gasteiger partial charge in [0, 0.05) is 77.9 Å². The van der Waals surface area contributed by atoms with Crippen LogP contribution in [0.15, 0.2) is 182 Å². The molecule has 2 aromatic heterocycles. The molecule has 0 saturated heterocycles. The molecule has 4 saturated carbocycles. The summed E-state index contributed by atoms with van der Waals surface area (Å²) in [5.41, 5.74) is 18.8. The second kappa shape index (κ2) is 19.1. The molecule has 1 aliphatic heterocycles. The first kappa shape index (κ1) is 49.4. The molecule has 0 amide bonds. The largest absolute Gasteiger partial charge is 0.509 e. The zero-order chi connectivity index (χ0) is 51.5. The van der Waals surface area contributed by atoms with E-state index in [1.165, 1.54) is 65.3 Å². The minimum atomic E-state index is -0.192. The fourth-order valence-electron chi connectivity index (χ4n) is 14.5. The smallest absolute Gasteiger partial charge is 0.135 e. The molecule has 0 unspecified atom stereocenters. The van der Waals surface area contributed by atoms with Crippen LogP contribution in [0, 0.1) is 63.2 Å². The van der Waals surface area contributed by atoms with E-state index < -0.39 is 0 Å². The summed E-state index contributed by atoms with van der Waals surface area (Å²) < 4.78 is 9.39. The van der Waals surface area contributed by atoms with Crippen LogP contribution in [0.25, 0.3) is 49.9 Å². The first-order valence-corrected chi connectivity index (χ1v) is 27.5. The van der Waals surface area contributed by atoms with Crippen molar-refractivity contribution < 1.29 is 25.8 Å². The molecule has 8 aromatic carbocycles. The fraction of sp³-hybridized carbons (Fsp3) is 0.239. The van der Waals surface area contributed by atoms with Crippen molar-refractivity contribution in [3.8, 4) is 39.6 Å². The van der Waals surface area contributed by atoms with E-state index in [1.54, 1.807) is 0 Å². The number of fused-ring (bicyclic) bond motifs is 4. The molecule has 10 aromatic rings. The Morgan fingerprint density at radius 3 is 1.83 bits per heavy atom. The summed E-state index contributed by atoms with van der Waals surface area (Å²) in [6.45, 7) is 15.9. The van der Waals surface area contributed by atoms with Gasteiger partial charge >= 0.3 is 0 Å². The van der Waals surface area contributed by atoms with Crippen molar-refractivity contribution in [3.63, 3.8) is 0 Å². The number of benzene rings is 8. The van der Waals surface area contributed by atoms with E-state index in [1.807, 2.05) is 0 Å². The molecule has 4 fully saturated rings. The minimum absolute atomic E-state index is 0. The van der Waals surface area contributed by atoms with Crippen LogP contribution in [0.3, 0.4) is 0 Å². The zero-order valence-electron chi connectivity index (χ0n) is 44.8. The number of anilines is 4. The number of nitrogens with zero attached hydrogens (tertiary/aromatic N) is 4. The number of pyridine rings is 1. The van der Waals surface area contributed by atoms with Crippen LogP contribution >= 0.6 is 0 Å². The van der Waals surface area contributed by atoms with Crippen LogP contribution in [-0.2, 0) is 31.9 Å².